The number of aromatic nitrogens is 4. The molecule has 8 nitrogen and oxygen atoms in total. The minimum Gasteiger partial charge on any atom is -0.341 e. The number of amides is 2. The lowest BCUT2D eigenvalue weighted by Gasteiger charge is -2.14. The zero-order valence-corrected chi connectivity index (χ0v) is 16.7. The van der Waals surface area contributed by atoms with Crippen molar-refractivity contribution >= 4 is 45.0 Å². The number of aromatic amines is 1. The van der Waals surface area contributed by atoms with Crippen LogP contribution in [0.15, 0.2) is 72.9 Å². The van der Waals surface area contributed by atoms with Gasteiger partial charge in [-0.2, -0.15) is 5.10 Å². The Morgan fingerprint density at radius 1 is 0.968 bits per heavy atom. The highest BCUT2D eigenvalue weighted by Gasteiger charge is 2.14. The van der Waals surface area contributed by atoms with E-state index in [0.29, 0.717) is 17.3 Å². The lowest BCUT2D eigenvalue weighted by Crippen LogP contribution is -2.24. The molecule has 0 bridgehead atoms. The Morgan fingerprint density at radius 3 is 2.71 bits per heavy atom. The molecule has 0 aliphatic heterocycles. The SMILES string of the molecule is CNC(=O)Nc1ccccc1-c1nc(Nc2ccc3[nH]ncc3c2)c2ccccc2n1. The van der Waals surface area contributed by atoms with Crippen LogP contribution < -0.4 is 16.0 Å². The van der Waals surface area contributed by atoms with Crippen LogP contribution >= 0.6 is 0 Å². The molecule has 31 heavy (non-hydrogen) atoms. The van der Waals surface area contributed by atoms with E-state index in [4.69, 9.17) is 9.97 Å². The van der Waals surface area contributed by atoms with Gasteiger partial charge in [0.1, 0.15) is 5.82 Å². The number of urea groups is 1. The number of fused-ring (bicyclic) bond motifs is 2. The summed E-state index contributed by atoms with van der Waals surface area (Å²) in [5.41, 5.74) is 4.01. The summed E-state index contributed by atoms with van der Waals surface area (Å²) in [7, 11) is 1.57. The molecule has 5 rings (SSSR count). The van der Waals surface area contributed by atoms with E-state index < -0.39 is 0 Å². The second kappa shape index (κ2) is 7.75. The second-order valence-electron chi connectivity index (χ2n) is 6.96. The smallest absolute Gasteiger partial charge is 0.318 e. The lowest BCUT2D eigenvalue weighted by molar-refractivity contribution is 0.254. The number of H-pyrrole nitrogens is 1. The summed E-state index contributed by atoms with van der Waals surface area (Å²) in [6, 6.07) is 20.9. The summed E-state index contributed by atoms with van der Waals surface area (Å²) < 4.78 is 0. The average Bonchev–Trinajstić information content (AvgIpc) is 3.27. The predicted octanol–water partition coefficient (Wildman–Crippen LogP) is 4.67. The van der Waals surface area contributed by atoms with Gasteiger partial charge in [-0.25, -0.2) is 14.8 Å². The van der Waals surface area contributed by atoms with Crippen LogP contribution in [0.3, 0.4) is 0 Å². The average molecular weight is 409 g/mol. The number of nitrogens with one attached hydrogen (secondary N) is 4. The van der Waals surface area contributed by atoms with Gasteiger partial charge in [0, 0.05) is 29.1 Å². The Hall–Kier alpha value is -4.46. The zero-order valence-electron chi connectivity index (χ0n) is 16.7. The first-order valence-electron chi connectivity index (χ1n) is 9.76. The quantitative estimate of drug-likeness (QED) is 0.345. The van der Waals surface area contributed by atoms with E-state index in [1.807, 2.05) is 66.7 Å². The monoisotopic (exact) mass is 409 g/mol. The molecule has 0 saturated carbocycles. The van der Waals surface area contributed by atoms with E-state index in [0.717, 1.165) is 33.1 Å². The number of rotatable bonds is 4. The molecule has 0 spiro atoms. The number of para-hydroxylation sites is 2. The van der Waals surface area contributed by atoms with Gasteiger partial charge in [0.25, 0.3) is 0 Å². The van der Waals surface area contributed by atoms with Crippen molar-refractivity contribution in [2.24, 2.45) is 0 Å². The molecule has 0 atom stereocenters. The first kappa shape index (κ1) is 18.6. The van der Waals surface area contributed by atoms with Gasteiger partial charge in [-0.15, -0.1) is 0 Å². The molecule has 0 aliphatic carbocycles. The standard InChI is InChI=1S/C23H19N7O/c1-24-23(31)28-20-9-5-3-7-17(20)22-27-19-8-4-2-6-16(19)21(29-22)26-15-10-11-18-14(12-15)13-25-30-18/h2-13H,1H3,(H,25,30)(H2,24,28,31)(H,26,27,29). The normalized spacial score (nSPS) is 10.9. The summed E-state index contributed by atoms with van der Waals surface area (Å²) in [5, 5.41) is 17.7. The summed E-state index contributed by atoms with van der Waals surface area (Å²) in [6.07, 6.45) is 1.78. The number of benzene rings is 3. The topological polar surface area (TPSA) is 108 Å². The van der Waals surface area contributed by atoms with Crippen molar-refractivity contribution in [1.29, 1.82) is 0 Å². The molecule has 5 aromatic rings. The van der Waals surface area contributed by atoms with Gasteiger partial charge in [-0.3, -0.25) is 5.10 Å². The van der Waals surface area contributed by atoms with E-state index >= 15 is 0 Å². The van der Waals surface area contributed by atoms with Crippen LogP contribution in [0.5, 0.6) is 0 Å². The minimum atomic E-state index is -0.306. The Morgan fingerprint density at radius 2 is 1.81 bits per heavy atom. The number of nitrogens with zero attached hydrogens (tertiary/aromatic N) is 3. The van der Waals surface area contributed by atoms with Crippen LogP contribution in [0.4, 0.5) is 22.0 Å². The molecule has 4 N–H and O–H groups in total. The molecule has 0 aliphatic rings. The van der Waals surface area contributed by atoms with Gasteiger partial charge in [-0.1, -0.05) is 24.3 Å². The van der Waals surface area contributed by atoms with Crippen molar-refractivity contribution in [1.82, 2.24) is 25.5 Å². The summed E-state index contributed by atoms with van der Waals surface area (Å²) in [5.74, 6) is 1.19. The van der Waals surface area contributed by atoms with Gasteiger partial charge in [0.15, 0.2) is 5.82 Å². The van der Waals surface area contributed by atoms with Crippen LogP contribution in [0.2, 0.25) is 0 Å². The largest absolute Gasteiger partial charge is 0.341 e. The summed E-state index contributed by atoms with van der Waals surface area (Å²) >= 11 is 0. The Kier molecular flexibility index (Phi) is 4.64. The number of hydrogen-bond acceptors (Lipinski definition) is 5. The maximum Gasteiger partial charge on any atom is 0.318 e. The highest BCUT2D eigenvalue weighted by molar-refractivity contribution is 5.96. The van der Waals surface area contributed by atoms with Crippen LogP contribution in [-0.2, 0) is 0 Å². The molecule has 152 valence electrons. The Bertz CT molecular complexity index is 1410. The summed E-state index contributed by atoms with van der Waals surface area (Å²) in [4.78, 5) is 21.4. The van der Waals surface area contributed by atoms with E-state index in [9.17, 15) is 4.79 Å². The fourth-order valence-electron chi connectivity index (χ4n) is 3.42. The van der Waals surface area contributed by atoms with Gasteiger partial charge in [0.05, 0.1) is 22.9 Å². The van der Waals surface area contributed by atoms with Gasteiger partial charge in [0.2, 0.25) is 0 Å². The number of anilines is 3. The van der Waals surface area contributed by atoms with Gasteiger partial charge in [-0.05, 0) is 42.5 Å². The molecular weight excluding hydrogens is 390 g/mol. The lowest BCUT2D eigenvalue weighted by atomic mass is 10.1. The molecule has 2 aromatic heterocycles. The maximum atomic E-state index is 11.9. The Labute approximate surface area is 177 Å². The molecule has 3 aromatic carbocycles. The fourth-order valence-corrected chi connectivity index (χ4v) is 3.42. The van der Waals surface area contributed by atoms with Crippen LogP contribution in [0.25, 0.3) is 33.2 Å². The maximum absolute atomic E-state index is 11.9. The molecule has 8 heteroatoms. The number of hydrogen-bond donors (Lipinski definition) is 4. The van der Waals surface area contributed by atoms with Crippen LogP contribution in [0, 0.1) is 0 Å². The predicted molar refractivity (Wildman–Crippen MR) is 122 cm³/mol. The molecule has 2 amide bonds. The highest BCUT2D eigenvalue weighted by atomic mass is 16.2. The van der Waals surface area contributed by atoms with Crippen molar-refractivity contribution in [2.45, 2.75) is 0 Å². The van der Waals surface area contributed by atoms with Crippen molar-refractivity contribution in [3.8, 4) is 11.4 Å². The zero-order chi connectivity index (χ0) is 21.2. The second-order valence-corrected chi connectivity index (χ2v) is 6.96. The van der Waals surface area contributed by atoms with Crippen molar-refractivity contribution in [3.05, 3.63) is 72.9 Å². The van der Waals surface area contributed by atoms with Crippen LogP contribution in [-0.4, -0.2) is 33.2 Å². The fraction of sp³-hybridized carbons (Fsp3) is 0.0435. The van der Waals surface area contributed by atoms with Crippen molar-refractivity contribution < 1.29 is 4.79 Å². The number of carbonyl (C=O) groups excluding carboxylic acids is 1. The molecule has 0 saturated heterocycles. The van der Waals surface area contributed by atoms with E-state index in [1.54, 1.807) is 13.2 Å². The molecule has 0 radical (unpaired) electrons. The molecule has 0 fully saturated rings. The molecule has 0 unspecified atom stereocenters. The third-order valence-corrected chi connectivity index (χ3v) is 4.95. The molecular formula is C23H19N7O. The minimum absolute atomic E-state index is 0.306. The number of carbonyl (C=O) groups is 1. The first-order chi connectivity index (χ1) is 15.2. The van der Waals surface area contributed by atoms with E-state index in [-0.39, 0.29) is 6.03 Å². The van der Waals surface area contributed by atoms with E-state index in [2.05, 4.69) is 26.1 Å². The third-order valence-electron chi connectivity index (χ3n) is 4.95. The summed E-state index contributed by atoms with van der Waals surface area (Å²) in [6.45, 7) is 0. The van der Waals surface area contributed by atoms with Gasteiger partial charge >= 0.3 is 6.03 Å². The van der Waals surface area contributed by atoms with Crippen LogP contribution in [0.1, 0.15) is 0 Å². The first-order valence-corrected chi connectivity index (χ1v) is 9.76. The Balaban J connectivity index is 1.62. The van der Waals surface area contributed by atoms with Crippen molar-refractivity contribution in [2.75, 3.05) is 17.7 Å². The van der Waals surface area contributed by atoms with Crippen molar-refractivity contribution in [3.63, 3.8) is 0 Å². The highest BCUT2D eigenvalue weighted by Crippen LogP contribution is 2.31. The molecule has 2 heterocycles. The van der Waals surface area contributed by atoms with Gasteiger partial charge < -0.3 is 16.0 Å². The third kappa shape index (κ3) is 3.62. The van der Waals surface area contributed by atoms with E-state index in [1.165, 1.54) is 0 Å².